The predicted octanol–water partition coefficient (Wildman–Crippen LogP) is 2.60. The van der Waals surface area contributed by atoms with Crippen molar-refractivity contribution in [3.05, 3.63) is 46.5 Å². The van der Waals surface area contributed by atoms with Crippen LogP contribution in [0.25, 0.3) is 0 Å². The van der Waals surface area contributed by atoms with Crippen molar-refractivity contribution in [2.75, 3.05) is 24.5 Å². The number of rotatable bonds is 6. The van der Waals surface area contributed by atoms with Gasteiger partial charge in [-0.2, -0.15) is 5.26 Å². The first-order valence-corrected chi connectivity index (χ1v) is 9.76. The third-order valence-electron chi connectivity index (χ3n) is 4.79. The van der Waals surface area contributed by atoms with Gasteiger partial charge in [-0.1, -0.05) is 29.5 Å². The maximum absolute atomic E-state index is 12.7. The topological polar surface area (TPSA) is 89.3 Å². The molecular formula is C19H19N5O2S. The smallest absolute Gasteiger partial charge is 0.326 e. The van der Waals surface area contributed by atoms with Crippen molar-refractivity contribution in [3.63, 3.8) is 0 Å². The van der Waals surface area contributed by atoms with Gasteiger partial charge >= 0.3 is 6.03 Å². The van der Waals surface area contributed by atoms with E-state index in [1.54, 1.807) is 15.9 Å². The van der Waals surface area contributed by atoms with Crippen LogP contribution in [-0.4, -0.2) is 41.5 Å². The van der Waals surface area contributed by atoms with Crippen LogP contribution in [0.15, 0.2) is 30.5 Å². The molecule has 7 nitrogen and oxygen atoms in total. The molecule has 27 heavy (non-hydrogen) atoms. The number of nitrogens with one attached hydrogen (secondary N) is 1. The molecule has 3 amide bonds. The minimum absolute atomic E-state index is 0.128. The number of carbonyl (C=O) groups is 2. The Labute approximate surface area is 161 Å². The second-order valence-corrected chi connectivity index (χ2v) is 7.79. The standard InChI is InChI=1S/C19H19N5O2S/c20-9-14-3-1-2-4-15(14)12-23-7-8-24(19(23)26)18-22-11-16(27-18)17(25)21-10-13-5-6-13/h1-4,11,13H,5-8,10,12H2,(H,21,25). The number of nitriles is 1. The van der Waals surface area contributed by atoms with Gasteiger partial charge in [0.15, 0.2) is 5.13 Å². The zero-order valence-electron chi connectivity index (χ0n) is 14.7. The molecule has 1 saturated heterocycles. The van der Waals surface area contributed by atoms with Gasteiger partial charge in [0.05, 0.1) is 17.8 Å². The third-order valence-corrected chi connectivity index (χ3v) is 5.81. The maximum Gasteiger partial charge on any atom is 0.326 e. The van der Waals surface area contributed by atoms with Crippen molar-refractivity contribution < 1.29 is 9.59 Å². The van der Waals surface area contributed by atoms with Crippen LogP contribution in [0.4, 0.5) is 9.93 Å². The quantitative estimate of drug-likeness (QED) is 0.833. The fourth-order valence-electron chi connectivity index (χ4n) is 3.02. The summed E-state index contributed by atoms with van der Waals surface area (Å²) in [4.78, 5) is 33.0. The van der Waals surface area contributed by atoms with E-state index in [4.69, 9.17) is 0 Å². The molecule has 4 rings (SSSR count). The van der Waals surface area contributed by atoms with Gasteiger partial charge in [-0.25, -0.2) is 9.78 Å². The molecule has 0 spiro atoms. The van der Waals surface area contributed by atoms with E-state index < -0.39 is 0 Å². The SMILES string of the molecule is N#Cc1ccccc1CN1CCN(c2ncc(C(=O)NCC3CC3)s2)C1=O. The summed E-state index contributed by atoms with van der Waals surface area (Å²) in [6.07, 6.45) is 3.89. The molecule has 1 aliphatic heterocycles. The van der Waals surface area contributed by atoms with Crippen LogP contribution in [0.3, 0.4) is 0 Å². The van der Waals surface area contributed by atoms with Gasteiger partial charge in [0.1, 0.15) is 4.88 Å². The van der Waals surface area contributed by atoms with E-state index in [-0.39, 0.29) is 11.9 Å². The van der Waals surface area contributed by atoms with Gasteiger partial charge < -0.3 is 10.2 Å². The van der Waals surface area contributed by atoms with Crippen LogP contribution in [-0.2, 0) is 6.54 Å². The van der Waals surface area contributed by atoms with E-state index in [1.165, 1.54) is 30.4 Å². The zero-order chi connectivity index (χ0) is 18.8. The van der Waals surface area contributed by atoms with Crippen molar-refractivity contribution in [1.29, 1.82) is 5.26 Å². The molecule has 138 valence electrons. The first kappa shape index (κ1) is 17.5. The van der Waals surface area contributed by atoms with Gasteiger partial charge in [0, 0.05) is 26.2 Å². The van der Waals surface area contributed by atoms with Crippen molar-refractivity contribution in [2.45, 2.75) is 19.4 Å². The van der Waals surface area contributed by atoms with Gasteiger partial charge in [0.25, 0.3) is 5.91 Å². The minimum atomic E-state index is -0.151. The Morgan fingerprint density at radius 3 is 2.93 bits per heavy atom. The molecule has 0 radical (unpaired) electrons. The first-order valence-electron chi connectivity index (χ1n) is 8.94. The number of hydrogen-bond acceptors (Lipinski definition) is 5. The molecule has 8 heteroatoms. The number of urea groups is 1. The molecule has 1 aromatic carbocycles. The van der Waals surface area contributed by atoms with E-state index in [2.05, 4.69) is 16.4 Å². The van der Waals surface area contributed by atoms with E-state index in [9.17, 15) is 14.9 Å². The Balaban J connectivity index is 1.41. The Morgan fingerprint density at radius 2 is 2.15 bits per heavy atom. The Kier molecular flexibility index (Phi) is 4.77. The molecule has 0 atom stereocenters. The highest BCUT2D eigenvalue weighted by atomic mass is 32.1. The van der Waals surface area contributed by atoms with Crippen molar-refractivity contribution in [3.8, 4) is 6.07 Å². The number of amides is 3. The first-order chi connectivity index (χ1) is 13.2. The Morgan fingerprint density at radius 1 is 1.33 bits per heavy atom. The number of benzene rings is 1. The highest BCUT2D eigenvalue weighted by Crippen LogP contribution is 2.29. The lowest BCUT2D eigenvalue weighted by Gasteiger charge is -2.17. The largest absolute Gasteiger partial charge is 0.351 e. The summed E-state index contributed by atoms with van der Waals surface area (Å²) in [6.45, 7) is 2.17. The number of aromatic nitrogens is 1. The lowest BCUT2D eigenvalue weighted by molar-refractivity contribution is 0.0955. The van der Waals surface area contributed by atoms with Crippen molar-refractivity contribution >= 4 is 28.4 Å². The predicted molar refractivity (Wildman–Crippen MR) is 101 cm³/mol. The van der Waals surface area contributed by atoms with Crippen LogP contribution in [0.2, 0.25) is 0 Å². The van der Waals surface area contributed by atoms with Gasteiger partial charge in [0.2, 0.25) is 0 Å². The molecular weight excluding hydrogens is 362 g/mol. The second-order valence-electron chi connectivity index (χ2n) is 6.79. The van der Waals surface area contributed by atoms with Crippen LogP contribution in [0.5, 0.6) is 0 Å². The van der Waals surface area contributed by atoms with E-state index in [1.807, 2.05) is 18.2 Å². The molecule has 1 saturated carbocycles. The van der Waals surface area contributed by atoms with Crippen molar-refractivity contribution in [2.24, 2.45) is 5.92 Å². The average Bonchev–Trinajstić information content (AvgIpc) is 3.27. The summed E-state index contributed by atoms with van der Waals surface area (Å²) < 4.78 is 0. The average molecular weight is 381 g/mol. The van der Waals surface area contributed by atoms with Crippen LogP contribution in [0, 0.1) is 17.2 Å². The fourth-order valence-corrected chi connectivity index (χ4v) is 3.87. The highest BCUT2D eigenvalue weighted by molar-refractivity contribution is 7.17. The van der Waals surface area contributed by atoms with Crippen LogP contribution in [0.1, 0.15) is 33.6 Å². The van der Waals surface area contributed by atoms with E-state index >= 15 is 0 Å². The van der Waals surface area contributed by atoms with E-state index in [0.717, 1.165) is 5.56 Å². The second kappa shape index (κ2) is 7.37. The highest BCUT2D eigenvalue weighted by Gasteiger charge is 2.32. The molecule has 0 bridgehead atoms. The molecule has 2 fully saturated rings. The summed E-state index contributed by atoms with van der Waals surface area (Å²) >= 11 is 1.23. The Hall–Kier alpha value is -2.92. The molecule has 2 aliphatic rings. The van der Waals surface area contributed by atoms with E-state index in [0.29, 0.717) is 47.7 Å². The van der Waals surface area contributed by atoms with Gasteiger partial charge in [-0.05, 0) is 30.4 Å². The summed E-state index contributed by atoms with van der Waals surface area (Å²) in [5, 5.41) is 12.7. The number of carbonyl (C=O) groups excluding carboxylic acids is 2. The van der Waals surface area contributed by atoms with Gasteiger partial charge in [-0.3, -0.25) is 9.69 Å². The zero-order valence-corrected chi connectivity index (χ0v) is 15.5. The number of nitrogens with zero attached hydrogens (tertiary/aromatic N) is 4. The summed E-state index contributed by atoms with van der Waals surface area (Å²) in [7, 11) is 0. The maximum atomic E-state index is 12.7. The summed E-state index contributed by atoms with van der Waals surface area (Å²) in [5.41, 5.74) is 1.40. The van der Waals surface area contributed by atoms with Crippen LogP contribution >= 0.6 is 11.3 Å². The summed E-state index contributed by atoms with van der Waals surface area (Å²) in [5.74, 6) is 0.489. The molecule has 1 aromatic heterocycles. The molecule has 2 heterocycles. The number of hydrogen-bond donors (Lipinski definition) is 1. The normalized spacial score (nSPS) is 16.5. The Bertz CT molecular complexity index is 915. The fraction of sp³-hybridized carbons (Fsp3) is 0.368. The van der Waals surface area contributed by atoms with Crippen LogP contribution < -0.4 is 10.2 Å². The lowest BCUT2D eigenvalue weighted by Crippen LogP contribution is -2.31. The summed E-state index contributed by atoms with van der Waals surface area (Å²) in [6, 6.07) is 9.30. The minimum Gasteiger partial charge on any atom is -0.351 e. The number of anilines is 1. The molecule has 1 aliphatic carbocycles. The monoisotopic (exact) mass is 381 g/mol. The lowest BCUT2D eigenvalue weighted by atomic mass is 10.1. The van der Waals surface area contributed by atoms with Crippen molar-refractivity contribution in [1.82, 2.24) is 15.2 Å². The third kappa shape index (κ3) is 3.78. The molecule has 1 N–H and O–H groups in total. The molecule has 0 unspecified atom stereocenters. The molecule has 2 aromatic rings. The van der Waals surface area contributed by atoms with Gasteiger partial charge in [-0.15, -0.1) is 0 Å². The number of thiazole rings is 1.